The standard InChI is InChI=1S/C27H35N3O2S/c1-20-8-11-22(12-9-20)25-18-30-23(19-33-27(30)28-25)14-15-29(17-24-7-4-16-32-24)26(31)13-10-21-5-2-3-6-21/h8-9,11-12,18-19,21,24H,2-7,10,13-17H2,1H3. The van der Waals surface area contributed by atoms with Gasteiger partial charge in [-0.15, -0.1) is 11.3 Å². The Morgan fingerprint density at radius 1 is 1.18 bits per heavy atom. The van der Waals surface area contributed by atoms with Crippen molar-refractivity contribution < 1.29 is 9.53 Å². The molecule has 1 amide bonds. The molecule has 1 atom stereocenters. The Balaban J connectivity index is 1.26. The number of nitrogens with zero attached hydrogens (tertiary/aromatic N) is 3. The molecule has 176 valence electrons. The molecule has 0 bridgehead atoms. The molecule has 3 heterocycles. The molecule has 1 saturated carbocycles. The SMILES string of the molecule is Cc1ccc(-c2cn3c(CCN(CC4CCCO4)C(=O)CCC4CCCC4)csc3n2)cc1. The van der Waals surface area contributed by atoms with E-state index in [-0.39, 0.29) is 6.10 Å². The highest BCUT2D eigenvalue weighted by Gasteiger charge is 2.24. The van der Waals surface area contributed by atoms with Gasteiger partial charge in [0.1, 0.15) is 0 Å². The Morgan fingerprint density at radius 2 is 2.00 bits per heavy atom. The van der Waals surface area contributed by atoms with Gasteiger partial charge < -0.3 is 9.64 Å². The lowest BCUT2D eigenvalue weighted by atomic mass is 10.0. The van der Waals surface area contributed by atoms with Gasteiger partial charge in [0.2, 0.25) is 5.91 Å². The van der Waals surface area contributed by atoms with E-state index in [0.717, 1.165) is 67.5 Å². The third-order valence-electron chi connectivity index (χ3n) is 7.31. The van der Waals surface area contributed by atoms with Crippen LogP contribution in [0.3, 0.4) is 0 Å². The maximum atomic E-state index is 13.2. The number of hydrogen-bond donors (Lipinski definition) is 0. The third-order valence-corrected chi connectivity index (χ3v) is 8.20. The topological polar surface area (TPSA) is 46.8 Å². The zero-order valence-corrected chi connectivity index (χ0v) is 20.5. The maximum Gasteiger partial charge on any atom is 0.222 e. The summed E-state index contributed by atoms with van der Waals surface area (Å²) in [6.07, 6.45) is 12.3. The number of imidazole rings is 1. The molecule has 0 N–H and O–H groups in total. The molecule has 5 rings (SSSR count). The fourth-order valence-electron chi connectivity index (χ4n) is 5.26. The number of benzene rings is 1. The van der Waals surface area contributed by atoms with Crippen LogP contribution in [0, 0.1) is 12.8 Å². The summed E-state index contributed by atoms with van der Waals surface area (Å²) in [6.45, 7) is 4.41. The van der Waals surface area contributed by atoms with Crippen molar-refractivity contribution in [3.05, 3.63) is 47.1 Å². The molecule has 3 aromatic rings. The van der Waals surface area contributed by atoms with Crippen LogP contribution in [0.4, 0.5) is 0 Å². The lowest BCUT2D eigenvalue weighted by Crippen LogP contribution is -2.39. The van der Waals surface area contributed by atoms with Crippen molar-refractivity contribution in [2.24, 2.45) is 5.92 Å². The van der Waals surface area contributed by atoms with E-state index in [2.05, 4.69) is 52.1 Å². The zero-order chi connectivity index (χ0) is 22.6. The second-order valence-corrected chi connectivity index (χ2v) is 10.6. The summed E-state index contributed by atoms with van der Waals surface area (Å²) in [5.41, 5.74) is 4.63. The Kier molecular flexibility index (Phi) is 7.12. The van der Waals surface area contributed by atoms with Gasteiger partial charge in [0, 0.05) is 55.4 Å². The predicted molar refractivity (Wildman–Crippen MR) is 134 cm³/mol. The van der Waals surface area contributed by atoms with Gasteiger partial charge in [-0.25, -0.2) is 4.98 Å². The van der Waals surface area contributed by atoms with Crippen LogP contribution >= 0.6 is 11.3 Å². The quantitative estimate of drug-likeness (QED) is 0.396. The van der Waals surface area contributed by atoms with Gasteiger partial charge in [-0.2, -0.15) is 0 Å². The van der Waals surface area contributed by atoms with Crippen molar-refractivity contribution in [3.63, 3.8) is 0 Å². The largest absolute Gasteiger partial charge is 0.376 e. The summed E-state index contributed by atoms with van der Waals surface area (Å²) in [4.78, 5) is 21.1. The minimum atomic E-state index is 0.198. The molecule has 0 spiro atoms. The number of rotatable bonds is 9. The molecule has 1 aromatic carbocycles. The minimum Gasteiger partial charge on any atom is -0.376 e. The van der Waals surface area contributed by atoms with Gasteiger partial charge in [0.05, 0.1) is 11.8 Å². The highest BCUT2D eigenvalue weighted by atomic mass is 32.1. The summed E-state index contributed by atoms with van der Waals surface area (Å²) < 4.78 is 8.07. The normalized spacial score (nSPS) is 19.0. The molecule has 33 heavy (non-hydrogen) atoms. The fraction of sp³-hybridized carbons (Fsp3) is 0.556. The average molecular weight is 466 g/mol. The van der Waals surface area contributed by atoms with Crippen LogP contribution in [-0.2, 0) is 16.0 Å². The second kappa shape index (κ2) is 10.4. The molecule has 5 nitrogen and oxygen atoms in total. The van der Waals surface area contributed by atoms with E-state index in [4.69, 9.17) is 9.72 Å². The molecule has 6 heteroatoms. The number of aromatic nitrogens is 2. The van der Waals surface area contributed by atoms with Crippen molar-refractivity contribution in [1.29, 1.82) is 0 Å². The molecule has 1 saturated heterocycles. The Bertz CT molecular complexity index is 1060. The van der Waals surface area contributed by atoms with Crippen LogP contribution in [0.25, 0.3) is 16.2 Å². The number of carbonyl (C=O) groups is 1. The molecule has 1 aliphatic heterocycles. The monoisotopic (exact) mass is 465 g/mol. The van der Waals surface area contributed by atoms with Crippen molar-refractivity contribution >= 4 is 22.2 Å². The van der Waals surface area contributed by atoms with E-state index in [1.54, 1.807) is 11.3 Å². The Morgan fingerprint density at radius 3 is 2.76 bits per heavy atom. The van der Waals surface area contributed by atoms with E-state index in [1.807, 2.05) is 0 Å². The fourth-order valence-corrected chi connectivity index (χ4v) is 6.17. The molecular weight excluding hydrogens is 430 g/mol. The van der Waals surface area contributed by atoms with Crippen molar-refractivity contribution in [3.8, 4) is 11.3 Å². The van der Waals surface area contributed by atoms with Crippen LogP contribution in [0.2, 0.25) is 0 Å². The number of hydrogen-bond acceptors (Lipinski definition) is 4. The first-order valence-corrected chi connectivity index (χ1v) is 13.5. The van der Waals surface area contributed by atoms with Crippen LogP contribution in [0.5, 0.6) is 0 Å². The van der Waals surface area contributed by atoms with Gasteiger partial charge in [-0.3, -0.25) is 9.20 Å². The zero-order valence-electron chi connectivity index (χ0n) is 19.7. The van der Waals surface area contributed by atoms with E-state index < -0.39 is 0 Å². The van der Waals surface area contributed by atoms with Gasteiger partial charge >= 0.3 is 0 Å². The summed E-state index contributed by atoms with van der Waals surface area (Å²) in [5, 5.41) is 2.19. The van der Waals surface area contributed by atoms with Crippen LogP contribution in [0.1, 0.15) is 62.6 Å². The lowest BCUT2D eigenvalue weighted by Gasteiger charge is -2.26. The summed E-state index contributed by atoms with van der Waals surface area (Å²) >= 11 is 1.68. The van der Waals surface area contributed by atoms with Crippen molar-refractivity contribution in [2.45, 2.75) is 70.8 Å². The lowest BCUT2D eigenvalue weighted by molar-refractivity contribution is -0.133. The third kappa shape index (κ3) is 5.49. The van der Waals surface area contributed by atoms with E-state index in [9.17, 15) is 4.79 Å². The molecule has 1 unspecified atom stereocenters. The number of thiazole rings is 1. The van der Waals surface area contributed by atoms with Crippen molar-refractivity contribution in [1.82, 2.24) is 14.3 Å². The number of aryl methyl sites for hydroxylation is 1. The molecule has 2 fully saturated rings. The summed E-state index contributed by atoms with van der Waals surface area (Å²) in [5.74, 6) is 1.05. The van der Waals surface area contributed by atoms with Gasteiger partial charge in [-0.05, 0) is 32.1 Å². The van der Waals surface area contributed by atoms with E-state index in [1.165, 1.54) is 36.9 Å². The van der Waals surface area contributed by atoms with E-state index in [0.29, 0.717) is 12.3 Å². The average Bonchev–Trinajstić information content (AvgIpc) is 3.62. The van der Waals surface area contributed by atoms with Crippen LogP contribution in [-0.4, -0.2) is 46.0 Å². The Labute approximate surface area is 200 Å². The number of ether oxygens (including phenoxy) is 1. The predicted octanol–water partition coefficient (Wildman–Crippen LogP) is 5.89. The molecule has 2 aliphatic rings. The molecule has 1 aliphatic carbocycles. The number of carbonyl (C=O) groups excluding carboxylic acids is 1. The summed E-state index contributed by atoms with van der Waals surface area (Å²) in [6, 6.07) is 8.52. The summed E-state index contributed by atoms with van der Waals surface area (Å²) in [7, 11) is 0. The van der Waals surface area contributed by atoms with Crippen molar-refractivity contribution in [2.75, 3.05) is 19.7 Å². The smallest absolute Gasteiger partial charge is 0.222 e. The van der Waals surface area contributed by atoms with Gasteiger partial charge in [0.15, 0.2) is 4.96 Å². The first-order chi connectivity index (χ1) is 16.2. The van der Waals surface area contributed by atoms with Crippen LogP contribution in [0.15, 0.2) is 35.8 Å². The van der Waals surface area contributed by atoms with Gasteiger partial charge in [-0.1, -0.05) is 55.5 Å². The highest BCUT2D eigenvalue weighted by Crippen LogP contribution is 2.29. The number of fused-ring (bicyclic) bond motifs is 1. The first-order valence-electron chi connectivity index (χ1n) is 12.6. The Hall–Kier alpha value is -2.18. The number of amides is 1. The molecule has 0 radical (unpaired) electrons. The van der Waals surface area contributed by atoms with Gasteiger partial charge in [0.25, 0.3) is 0 Å². The minimum absolute atomic E-state index is 0.198. The van der Waals surface area contributed by atoms with Crippen LogP contribution < -0.4 is 0 Å². The molecular formula is C27H35N3O2S. The van der Waals surface area contributed by atoms with E-state index >= 15 is 0 Å². The highest BCUT2D eigenvalue weighted by molar-refractivity contribution is 7.15. The second-order valence-electron chi connectivity index (χ2n) is 9.79. The maximum absolute atomic E-state index is 13.2. The molecule has 2 aromatic heterocycles. The first kappa shape index (κ1) is 22.6.